The highest BCUT2D eigenvalue weighted by Gasteiger charge is 2.19. The van der Waals surface area contributed by atoms with Gasteiger partial charge in [-0.1, -0.05) is 77.9 Å². The highest BCUT2D eigenvalue weighted by Crippen LogP contribution is 2.40. The summed E-state index contributed by atoms with van der Waals surface area (Å²) in [7, 11) is -0.763. The normalized spacial score (nSPS) is 11.3. The molecule has 342 valence electrons. The molecule has 5 rings (SSSR count). The van der Waals surface area contributed by atoms with Crippen LogP contribution in [0.5, 0.6) is 11.6 Å². The number of terminal acetylenes is 1. The fourth-order valence-electron chi connectivity index (χ4n) is 5.71. The van der Waals surface area contributed by atoms with Crippen molar-refractivity contribution in [2.45, 2.75) is 41.8 Å². The molecule has 1 aromatic heterocycles. The second-order valence-electron chi connectivity index (χ2n) is 15.3. The fourth-order valence-corrected chi connectivity index (χ4v) is 6.79. The summed E-state index contributed by atoms with van der Waals surface area (Å²) in [6, 6.07) is 24.3. The molecular formula is C47H67N8O7P. The second-order valence-corrected chi connectivity index (χ2v) is 18.8. The Morgan fingerprint density at radius 2 is 1.65 bits per heavy atom. The standard InChI is InChI=1S/C45H51N8O7P.2CH4.4H2/c1-8-30-24-32(42(54)47-20-21-58-59-23-22-57-5)27-34(25-30)50-43-48-19-18-41(53-43)60-38-17-16-37(35-14-9-10-15-36(35)38)51-44(55)52-40(28-39(46)45(2,3)4)49-33-13-11-12-31(26-33)29-61(6,7)56;;;;;;/h1,9-19,24-28,46,49H,20-23,29H2,2-7H3,(H,47,54)(H,48,50,53)(H2,51,52,55);2*1H4;4*1H/b40-28+,46-39?;;;;;;. The van der Waals surface area contributed by atoms with Crippen molar-refractivity contribution in [3.8, 4) is 24.0 Å². The Kier molecular flexibility index (Phi) is 19.0. The summed E-state index contributed by atoms with van der Waals surface area (Å²) >= 11 is 0. The van der Waals surface area contributed by atoms with Crippen LogP contribution in [0.1, 0.15) is 62.8 Å². The Balaban J connectivity index is 0. The molecule has 3 amide bonds. The average Bonchev–Trinajstić information content (AvgIpc) is 3.20. The number of ether oxygens (including phenoxy) is 2. The molecule has 0 aliphatic carbocycles. The van der Waals surface area contributed by atoms with E-state index in [-0.39, 0.29) is 58.1 Å². The quantitative estimate of drug-likeness (QED) is 0.0115. The maximum absolute atomic E-state index is 13.6. The number of nitrogens with one attached hydrogen (secondary N) is 6. The third kappa shape index (κ3) is 16.0. The maximum atomic E-state index is 13.6. The van der Waals surface area contributed by atoms with E-state index in [0.29, 0.717) is 69.0 Å². The maximum Gasteiger partial charge on any atom is 0.324 e. The van der Waals surface area contributed by atoms with Crippen LogP contribution in [0.15, 0.2) is 103 Å². The van der Waals surface area contributed by atoms with E-state index in [1.807, 2.05) is 69.3 Å². The van der Waals surface area contributed by atoms with Gasteiger partial charge in [0.25, 0.3) is 5.91 Å². The van der Waals surface area contributed by atoms with Crippen molar-refractivity contribution in [2.24, 2.45) is 5.41 Å². The lowest BCUT2D eigenvalue weighted by Gasteiger charge is -2.20. The van der Waals surface area contributed by atoms with Crippen LogP contribution in [0.25, 0.3) is 10.8 Å². The number of hydrogen-bond donors (Lipinski definition) is 6. The SMILES string of the molecule is C.C.C#Cc1cc(Nc2nccc(Oc3ccc(NC(=O)N/C(=C/C(=N)C(C)(C)C)Nc4cccc(CP(C)(C)=O)c4)c4ccccc34)n2)cc(C(=O)NCCOOCCOC)c1.[HH].[HH].[HH].[HH]. The summed E-state index contributed by atoms with van der Waals surface area (Å²) in [5, 5.41) is 25.0. The molecule has 0 radical (unpaired) electrons. The molecule has 0 aliphatic rings. The van der Waals surface area contributed by atoms with Gasteiger partial charge in [-0.2, -0.15) is 4.98 Å². The summed E-state index contributed by atoms with van der Waals surface area (Å²) in [5.74, 6) is 3.39. The van der Waals surface area contributed by atoms with Crippen LogP contribution >= 0.6 is 7.14 Å². The molecule has 4 aromatic carbocycles. The van der Waals surface area contributed by atoms with E-state index in [1.54, 1.807) is 62.9 Å². The first-order valence-electron chi connectivity index (χ1n) is 19.3. The molecule has 6 N–H and O–H groups in total. The van der Waals surface area contributed by atoms with E-state index < -0.39 is 18.6 Å². The zero-order chi connectivity index (χ0) is 44.0. The number of benzene rings is 4. The van der Waals surface area contributed by atoms with Gasteiger partial charge in [-0.15, -0.1) is 6.42 Å². The number of fused-ring (bicyclic) bond motifs is 1. The van der Waals surface area contributed by atoms with Gasteiger partial charge in [0.1, 0.15) is 18.2 Å². The van der Waals surface area contributed by atoms with Crippen LogP contribution in [-0.4, -0.2) is 74.4 Å². The van der Waals surface area contributed by atoms with Gasteiger partial charge in [0.2, 0.25) is 11.8 Å². The first kappa shape index (κ1) is 50.8. The number of urea groups is 1. The topological polar surface area (TPSA) is 198 Å². The van der Waals surface area contributed by atoms with Crippen molar-refractivity contribution in [3.63, 3.8) is 0 Å². The van der Waals surface area contributed by atoms with Gasteiger partial charge < -0.3 is 40.7 Å². The minimum atomic E-state index is -2.32. The first-order chi connectivity index (χ1) is 29.1. The van der Waals surface area contributed by atoms with Gasteiger partial charge in [-0.25, -0.2) is 19.6 Å². The van der Waals surface area contributed by atoms with Crippen LogP contribution in [0, 0.1) is 23.2 Å². The zero-order valence-corrected chi connectivity index (χ0v) is 35.9. The Morgan fingerprint density at radius 1 is 0.905 bits per heavy atom. The number of aromatic nitrogens is 2. The Bertz CT molecular complexity index is 2510. The molecule has 15 nitrogen and oxygen atoms in total. The average molecular weight is 887 g/mol. The zero-order valence-electron chi connectivity index (χ0n) is 35.0. The second kappa shape index (κ2) is 23.6. The van der Waals surface area contributed by atoms with Crippen LogP contribution in [0.2, 0.25) is 0 Å². The number of carbonyl (C=O) groups excluding carboxylic acids is 2. The third-order valence-corrected chi connectivity index (χ3v) is 9.76. The third-order valence-electron chi connectivity index (χ3n) is 8.63. The molecule has 0 bridgehead atoms. The van der Waals surface area contributed by atoms with Gasteiger partial charge >= 0.3 is 6.03 Å². The van der Waals surface area contributed by atoms with Crippen LogP contribution in [0.4, 0.5) is 27.8 Å². The largest absolute Gasteiger partial charge is 0.438 e. The number of nitrogens with zero attached hydrogens (tertiary/aromatic N) is 2. The van der Waals surface area contributed by atoms with Gasteiger partial charge in [0.05, 0.1) is 26.0 Å². The monoisotopic (exact) mass is 886 g/mol. The van der Waals surface area contributed by atoms with Crippen LogP contribution in [0.3, 0.4) is 0 Å². The number of carbonyl (C=O) groups is 2. The van der Waals surface area contributed by atoms with Gasteiger partial charge in [0, 0.05) is 88.3 Å². The molecule has 16 heteroatoms. The molecular weight excluding hydrogens is 820 g/mol. The smallest absolute Gasteiger partial charge is 0.324 e. The lowest BCUT2D eigenvalue weighted by molar-refractivity contribution is -0.296. The van der Waals surface area contributed by atoms with Crippen molar-refractivity contribution in [2.75, 3.05) is 62.8 Å². The number of anilines is 4. The molecule has 1 heterocycles. The Morgan fingerprint density at radius 3 is 2.37 bits per heavy atom. The summed E-state index contributed by atoms with van der Waals surface area (Å²) in [6.45, 7) is 10.2. The highest BCUT2D eigenvalue weighted by atomic mass is 31.2. The number of hydrogen-bond acceptors (Lipinski definition) is 12. The van der Waals surface area contributed by atoms with Crippen molar-refractivity contribution in [1.82, 2.24) is 20.6 Å². The minimum absolute atomic E-state index is 0. The summed E-state index contributed by atoms with van der Waals surface area (Å²) in [5.41, 5.74) is 3.16. The van der Waals surface area contributed by atoms with Gasteiger partial charge in [-0.05, 0) is 61.4 Å². The molecule has 63 heavy (non-hydrogen) atoms. The summed E-state index contributed by atoms with van der Waals surface area (Å²) in [4.78, 5) is 45.3. The number of allylic oxidation sites excluding steroid dienone is 1. The fraction of sp³-hybridized carbons (Fsp3) is 0.298. The van der Waals surface area contributed by atoms with E-state index in [9.17, 15) is 14.2 Å². The van der Waals surface area contributed by atoms with Crippen LogP contribution < -0.4 is 31.3 Å². The molecule has 0 saturated carbocycles. The first-order valence-corrected chi connectivity index (χ1v) is 22.1. The van der Waals surface area contributed by atoms with E-state index in [1.165, 1.54) is 6.20 Å². The predicted molar refractivity (Wildman–Crippen MR) is 262 cm³/mol. The number of amides is 3. The molecule has 0 fully saturated rings. The van der Waals surface area contributed by atoms with Crippen molar-refractivity contribution >= 4 is 58.6 Å². The highest BCUT2D eigenvalue weighted by molar-refractivity contribution is 7.61. The van der Waals surface area contributed by atoms with Crippen LogP contribution in [-0.2, 0) is 25.2 Å². The minimum Gasteiger partial charge on any atom is -0.438 e. The lowest BCUT2D eigenvalue weighted by atomic mass is 9.90. The van der Waals surface area contributed by atoms with E-state index in [0.717, 1.165) is 5.56 Å². The Labute approximate surface area is 376 Å². The predicted octanol–water partition coefficient (Wildman–Crippen LogP) is 11.0. The summed E-state index contributed by atoms with van der Waals surface area (Å²) < 4.78 is 23.7. The molecule has 0 saturated heterocycles. The molecule has 0 spiro atoms. The van der Waals surface area contributed by atoms with E-state index >= 15 is 0 Å². The molecule has 0 aliphatic heterocycles. The molecule has 0 unspecified atom stereocenters. The van der Waals surface area contributed by atoms with Gasteiger partial charge in [0.15, 0.2) is 0 Å². The lowest BCUT2D eigenvalue weighted by Crippen LogP contribution is -2.32. The molecule has 5 aromatic rings. The van der Waals surface area contributed by atoms with E-state index in [4.69, 9.17) is 31.1 Å². The van der Waals surface area contributed by atoms with Gasteiger partial charge in [-0.3, -0.25) is 10.1 Å². The van der Waals surface area contributed by atoms with Crippen molar-refractivity contribution in [3.05, 3.63) is 120 Å². The molecule has 0 atom stereocenters. The van der Waals surface area contributed by atoms with Crippen molar-refractivity contribution < 1.29 is 39.1 Å². The number of methoxy groups -OCH3 is 1. The van der Waals surface area contributed by atoms with Crippen molar-refractivity contribution in [1.29, 1.82) is 5.41 Å². The Hall–Kier alpha value is -6.56. The summed E-state index contributed by atoms with van der Waals surface area (Å²) in [6.07, 6.45) is 9.25. The number of rotatable bonds is 19. The van der Waals surface area contributed by atoms with E-state index in [2.05, 4.69) is 42.5 Å².